The zero-order chi connectivity index (χ0) is 17.9. The average Bonchev–Trinajstić information content (AvgIpc) is 2.53. The quantitative estimate of drug-likeness (QED) is 0.614. The number of carbonyl (C=O) groups excluding carboxylic acids is 1. The monoisotopic (exact) mass is 402 g/mol. The number of ketones is 1. The third kappa shape index (κ3) is 4.68. The van der Waals surface area contributed by atoms with E-state index in [-0.39, 0.29) is 37.4 Å². The molecule has 0 saturated carbocycles. The molecular formula is C17H10Cl4O3. The number of benzene rings is 2. The summed E-state index contributed by atoms with van der Waals surface area (Å²) in [7, 11) is 0. The molecule has 7 heteroatoms. The fourth-order valence-electron chi connectivity index (χ4n) is 1.77. The van der Waals surface area contributed by atoms with Gasteiger partial charge in [-0.25, -0.2) is 0 Å². The number of hydrogen-bond donors (Lipinski definition) is 2. The van der Waals surface area contributed by atoms with Gasteiger partial charge in [-0.1, -0.05) is 58.6 Å². The summed E-state index contributed by atoms with van der Waals surface area (Å²) in [6.07, 6.45) is 5.67. The van der Waals surface area contributed by atoms with E-state index in [1.165, 1.54) is 48.6 Å². The molecular weight excluding hydrogens is 394 g/mol. The molecule has 0 aliphatic carbocycles. The van der Waals surface area contributed by atoms with Gasteiger partial charge in [0.2, 0.25) is 0 Å². The number of phenols is 2. The summed E-state index contributed by atoms with van der Waals surface area (Å²) in [4.78, 5) is 11.9. The summed E-state index contributed by atoms with van der Waals surface area (Å²) < 4.78 is 0. The lowest BCUT2D eigenvalue weighted by molar-refractivity contribution is -0.110. The molecule has 0 bridgehead atoms. The van der Waals surface area contributed by atoms with E-state index in [9.17, 15) is 15.0 Å². The van der Waals surface area contributed by atoms with Crippen LogP contribution in [0.25, 0.3) is 12.2 Å². The molecule has 0 aliphatic rings. The van der Waals surface area contributed by atoms with Crippen LogP contribution in [0.15, 0.2) is 36.4 Å². The predicted molar refractivity (Wildman–Crippen MR) is 99.3 cm³/mol. The highest BCUT2D eigenvalue weighted by Crippen LogP contribution is 2.34. The van der Waals surface area contributed by atoms with E-state index in [2.05, 4.69) is 0 Å². The number of phenolic OH excluding ortho intramolecular Hbond substituents is 2. The second kappa shape index (κ2) is 7.95. The first-order chi connectivity index (χ1) is 11.3. The van der Waals surface area contributed by atoms with Gasteiger partial charge in [-0.05, 0) is 47.5 Å². The normalized spacial score (nSPS) is 11.5. The Bertz CT molecular complexity index is 741. The third-order valence-electron chi connectivity index (χ3n) is 2.96. The molecule has 0 saturated heterocycles. The Kier molecular flexibility index (Phi) is 6.19. The summed E-state index contributed by atoms with van der Waals surface area (Å²) >= 11 is 23.2. The molecule has 2 N–H and O–H groups in total. The van der Waals surface area contributed by atoms with E-state index in [0.717, 1.165) is 0 Å². The molecule has 0 heterocycles. The number of carbonyl (C=O) groups is 1. The Labute approximate surface area is 158 Å². The molecule has 2 aromatic carbocycles. The second-order valence-corrected chi connectivity index (χ2v) is 6.36. The summed E-state index contributed by atoms with van der Waals surface area (Å²) in [6, 6.07) is 5.93. The van der Waals surface area contributed by atoms with Crippen molar-refractivity contribution in [3.05, 3.63) is 67.6 Å². The lowest BCUT2D eigenvalue weighted by atomic mass is 10.1. The van der Waals surface area contributed by atoms with Gasteiger partial charge >= 0.3 is 0 Å². The third-order valence-corrected chi connectivity index (χ3v) is 4.11. The first-order valence-electron chi connectivity index (χ1n) is 6.54. The second-order valence-electron chi connectivity index (χ2n) is 4.74. The summed E-state index contributed by atoms with van der Waals surface area (Å²) in [5, 5.41) is 19.3. The predicted octanol–water partition coefficient (Wildman–Crippen LogP) is 6.01. The molecule has 2 rings (SSSR count). The molecule has 0 amide bonds. The lowest BCUT2D eigenvalue weighted by Gasteiger charge is -2.01. The topological polar surface area (TPSA) is 57.5 Å². The van der Waals surface area contributed by atoms with Crippen molar-refractivity contribution in [2.24, 2.45) is 0 Å². The minimum absolute atomic E-state index is 0.0959. The highest BCUT2D eigenvalue weighted by atomic mass is 35.5. The minimum Gasteiger partial charge on any atom is -0.505 e. The van der Waals surface area contributed by atoms with E-state index in [1.54, 1.807) is 0 Å². The van der Waals surface area contributed by atoms with Crippen LogP contribution in [0.1, 0.15) is 11.1 Å². The van der Waals surface area contributed by atoms with E-state index in [4.69, 9.17) is 46.4 Å². The van der Waals surface area contributed by atoms with Crippen LogP contribution in [-0.2, 0) is 4.79 Å². The maximum atomic E-state index is 11.9. The van der Waals surface area contributed by atoms with Crippen LogP contribution in [-0.4, -0.2) is 16.0 Å². The Hall–Kier alpha value is -1.65. The molecule has 2 aromatic rings. The largest absolute Gasteiger partial charge is 0.505 e. The summed E-state index contributed by atoms with van der Waals surface area (Å²) in [6.45, 7) is 0. The number of allylic oxidation sites excluding steroid dienone is 2. The van der Waals surface area contributed by atoms with Gasteiger partial charge < -0.3 is 10.2 Å². The van der Waals surface area contributed by atoms with Gasteiger partial charge in [-0.15, -0.1) is 0 Å². The molecule has 0 unspecified atom stereocenters. The fourth-order valence-corrected chi connectivity index (χ4v) is 2.78. The number of aromatic hydroxyl groups is 2. The molecule has 0 aliphatic heterocycles. The molecule has 0 spiro atoms. The van der Waals surface area contributed by atoms with Crippen LogP contribution in [0.2, 0.25) is 20.1 Å². The van der Waals surface area contributed by atoms with E-state index < -0.39 is 0 Å². The van der Waals surface area contributed by atoms with Crippen LogP contribution >= 0.6 is 46.4 Å². The van der Waals surface area contributed by atoms with Gasteiger partial charge in [0.15, 0.2) is 17.3 Å². The van der Waals surface area contributed by atoms with E-state index in [0.29, 0.717) is 11.1 Å². The van der Waals surface area contributed by atoms with Crippen molar-refractivity contribution in [3.63, 3.8) is 0 Å². The van der Waals surface area contributed by atoms with Gasteiger partial charge in [0.05, 0.1) is 20.1 Å². The molecule has 0 radical (unpaired) electrons. The van der Waals surface area contributed by atoms with Gasteiger partial charge in [-0.2, -0.15) is 0 Å². The van der Waals surface area contributed by atoms with Gasteiger partial charge in [0.25, 0.3) is 0 Å². The van der Waals surface area contributed by atoms with Crippen LogP contribution in [0.5, 0.6) is 11.5 Å². The number of hydrogen-bond acceptors (Lipinski definition) is 3. The van der Waals surface area contributed by atoms with Crippen LogP contribution in [0.3, 0.4) is 0 Å². The smallest absolute Gasteiger partial charge is 0.178 e. The SMILES string of the molecule is O=C(C=Cc1cc(Cl)c(O)c(Cl)c1)C=Cc1cc(Cl)c(O)c(Cl)c1. The molecule has 124 valence electrons. The Morgan fingerprint density at radius 2 is 1.00 bits per heavy atom. The standard InChI is InChI=1S/C17H10Cl4O3/c18-12-5-9(6-13(19)16(12)23)1-3-11(22)4-2-10-7-14(20)17(24)15(21)8-10/h1-8,23-24H. The van der Waals surface area contributed by atoms with Crippen LogP contribution in [0.4, 0.5) is 0 Å². The maximum absolute atomic E-state index is 11.9. The molecule has 0 fully saturated rings. The van der Waals surface area contributed by atoms with Crippen molar-refractivity contribution < 1.29 is 15.0 Å². The Morgan fingerprint density at radius 3 is 1.29 bits per heavy atom. The molecule has 24 heavy (non-hydrogen) atoms. The van der Waals surface area contributed by atoms with Crippen molar-refractivity contribution in [2.75, 3.05) is 0 Å². The first-order valence-corrected chi connectivity index (χ1v) is 8.05. The zero-order valence-corrected chi connectivity index (χ0v) is 15.0. The molecule has 0 atom stereocenters. The van der Waals surface area contributed by atoms with Crippen LogP contribution < -0.4 is 0 Å². The molecule has 0 aromatic heterocycles. The number of rotatable bonds is 4. The van der Waals surface area contributed by atoms with Crippen LogP contribution in [0, 0.1) is 0 Å². The highest BCUT2D eigenvalue weighted by Gasteiger charge is 2.06. The van der Waals surface area contributed by atoms with Crippen molar-refractivity contribution in [1.82, 2.24) is 0 Å². The zero-order valence-electron chi connectivity index (χ0n) is 11.9. The summed E-state index contributed by atoms with van der Waals surface area (Å²) in [5.74, 6) is -0.707. The van der Waals surface area contributed by atoms with E-state index >= 15 is 0 Å². The van der Waals surface area contributed by atoms with Crippen molar-refractivity contribution >= 4 is 64.3 Å². The van der Waals surface area contributed by atoms with Gasteiger partial charge in [0.1, 0.15) is 0 Å². The highest BCUT2D eigenvalue weighted by molar-refractivity contribution is 6.37. The van der Waals surface area contributed by atoms with Crippen molar-refractivity contribution in [3.8, 4) is 11.5 Å². The Balaban J connectivity index is 2.13. The Morgan fingerprint density at radius 1 is 0.708 bits per heavy atom. The minimum atomic E-state index is -0.296. The fraction of sp³-hybridized carbons (Fsp3) is 0. The average molecular weight is 404 g/mol. The first kappa shape index (κ1) is 18.7. The summed E-state index contributed by atoms with van der Waals surface area (Å²) in [5.41, 5.74) is 1.14. The van der Waals surface area contributed by atoms with Crippen molar-refractivity contribution in [2.45, 2.75) is 0 Å². The molecule has 3 nitrogen and oxygen atoms in total. The van der Waals surface area contributed by atoms with Crippen molar-refractivity contribution in [1.29, 1.82) is 0 Å². The van der Waals surface area contributed by atoms with Gasteiger partial charge in [0, 0.05) is 0 Å². The number of halogens is 4. The van der Waals surface area contributed by atoms with Gasteiger partial charge in [-0.3, -0.25) is 4.79 Å². The lowest BCUT2D eigenvalue weighted by Crippen LogP contribution is -1.86. The maximum Gasteiger partial charge on any atom is 0.178 e. The van der Waals surface area contributed by atoms with E-state index in [1.807, 2.05) is 0 Å².